The van der Waals surface area contributed by atoms with Crippen LogP contribution in [0.1, 0.15) is 29.0 Å². The van der Waals surface area contributed by atoms with E-state index in [0.717, 1.165) is 16.3 Å². The van der Waals surface area contributed by atoms with Crippen LogP contribution in [-0.2, 0) is 17.1 Å². The second-order valence-electron chi connectivity index (χ2n) is 5.98. The lowest BCUT2D eigenvalue weighted by molar-refractivity contribution is 0.0932. The number of carbonyl (C=O) groups is 1. The van der Waals surface area contributed by atoms with Crippen molar-refractivity contribution < 1.29 is 13.2 Å². The molecule has 3 rings (SSSR count). The quantitative estimate of drug-likeness (QED) is 0.750. The number of aromatic nitrogens is 1. The zero-order valence-corrected chi connectivity index (χ0v) is 14.7. The number of rotatable bonds is 4. The fourth-order valence-corrected chi connectivity index (χ4v) is 3.47. The van der Waals surface area contributed by atoms with Crippen LogP contribution < -0.4 is 10.5 Å². The highest BCUT2D eigenvalue weighted by molar-refractivity contribution is 7.89. The number of nitrogens with two attached hydrogens (primary N) is 1. The van der Waals surface area contributed by atoms with Gasteiger partial charge in [-0.05, 0) is 29.3 Å². The Morgan fingerprint density at radius 2 is 1.84 bits per heavy atom. The van der Waals surface area contributed by atoms with Crippen LogP contribution in [0.25, 0.3) is 10.8 Å². The normalized spacial score (nSPS) is 12.9. The molecule has 25 heavy (non-hydrogen) atoms. The Balaban J connectivity index is 1.89. The number of hydrogen-bond donors (Lipinski definition) is 2. The van der Waals surface area contributed by atoms with Crippen molar-refractivity contribution in [1.82, 2.24) is 9.88 Å². The molecule has 0 fully saturated rings. The molecule has 6 nitrogen and oxygen atoms in total. The SMILES string of the molecule is C[C@@H](NC(=O)c1cc(S(N)(=O)=O)cn1C)c1cccc2ccccc12. The Hall–Kier alpha value is -2.64. The van der Waals surface area contributed by atoms with Crippen molar-refractivity contribution >= 4 is 26.7 Å². The van der Waals surface area contributed by atoms with E-state index >= 15 is 0 Å². The van der Waals surface area contributed by atoms with Crippen LogP contribution >= 0.6 is 0 Å². The van der Waals surface area contributed by atoms with Gasteiger partial charge in [-0.3, -0.25) is 4.79 Å². The fourth-order valence-electron chi connectivity index (χ4n) is 2.89. The van der Waals surface area contributed by atoms with Gasteiger partial charge in [0, 0.05) is 13.2 Å². The lowest BCUT2D eigenvalue weighted by atomic mass is 9.99. The number of aryl methyl sites for hydroxylation is 1. The lowest BCUT2D eigenvalue weighted by Gasteiger charge is -2.17. The van der Waals surface area contributed by atoms with E-state index in [2.05, 4.69) is 5.32 Å². The van der Waals surface area contributed by atoms with Crippen LogP contribution in [0.15, 0.2) is 59.6 Å². The van der Waals surface area contributed by atoms with E-state index in [9.17, 15) is 13.2 Å². The van der Waals surface area contributed by atoms with Gasteiger partial charge in [-0.25, -0.2) is 13.6 Å². The van der Waals surface area contributed by atoms with Crippen molar-refractivity contribution in [3.63, 3.8) is 0 Å². The Bertz CT molecular complexity index is 1050. The Morgan fingerprint density at radius 1 is 1.16 bits per heavy atom. The largest absolute Gasteiger partial charge is 0.345 e. The summed E-state index contributed by atoms with van der Waals surface area (Å²) in [4.78, 5) is 12.5. The van der Waals surface area contributed by atoms with Crippen molar-refractivity contribution in [3.05, 3.63) is 66.0 Å². The van der Waals surface area contributed by atoms with E-state index in [-0.39, 0.29) is 22.5 Å². The van der Waals surface area contributed by atoms with Gasteiger partial charge in [-0.15, -0.1) is 0 Å². The van der Waals surface area contributed by atoms with Gasteiger partial charge in [-0.1, -0.05) is 42.5 Å². The molecule has 0 aliphatic heterocycles. The summed E-state index contributed by atoms with van der Waals surface area (Å²) in [7, 11) is -2.24. The molecule has 2 aromatic carbocycles. The molecule has 3 aromatic rings. The van der Waals surface area contributed by atoms with E-state index < -0.39 is 10.0 Å². The number of nitrogens with zero attached hydrogens (tertiary/aromatic N) is 1. The van der Waals surface area contributed by atoms with Crippen LogP contribution in [0.3, 0.4) is 0 Å². The lowest BCUT2D eigenvalue weighted by Crippen LogP contribution is -2.28. The van der Waals surface area contributed by atoms with E-state index in [1.807, 2.05) is 49.4 Å². The van der Waals surface area contributed by atoms with Crippen LogP contribution in [0.5, 0.6) is 0 Å². The molecule has 1 atom stereocenters. The van der Waals surface area contributed by atoms with Gasteiger partial charge in [-0.2, -0.15) is 0 Å². The molecule has 130 valence electrons. The topological polar surface area (TPSA) is 94.2 Å². The Kier molecular flexibility index (Phi) is 4.36. The number of amides is 1. The molecule has 1 heterocycles. The number of nitrogens with one attached hydrogen (secondary N) is 1. The molecule has 0 unspecified atom stereocenters. The van der Waals surface area contributed by atoms with Gasteiger partial charge in [0.1, 0.15) is 10.6 Å². The van der Waals surface area contributed by atoms with Crippen LogP contribution in [0.4, 0.5) is 0 Å². The first-order chi connectivity index (χ1) is 11.8. The smallest absolute Gasteiger partial charge is 0.268 e. The fraction of sp³-hybridized carbons (Fsp3) is 0.167. The summed E-state index contributed by atoms with van der Waals surface area (Å²) in [6, 6.07) is 14.9. The first-order valence-corrected chi connectivity index (χ1v) is 9.29. The molecule has 1 aromatic heterocycles. The third kappa shape index (κ3) is 3.42. The molecular formula is C18H19N3O3S. The first-order valence-electron chi connectivity index (χ1n) is 7.75. The zero-order chi connectivity index (χ0) is 18.2. The number of fused-ring (bicyclic) bond motifs is 1. The molecule has 0 aliphatic rings. The molecule has 0 bridgehead atoms. The molecule has 7 heteroatoms. The van der Waals surface area contributed by atoms with Crippen LogP contribution in [-0.4, -0.2) is 18.9 Å². The molecule has 0 saturated carbocycles. The molecule has 3 N–H and O–H groups in total. The minimum atomic E-state index is -3.85. The minimum Gasteiger partial charge on any atom is -0.345 e. The van der Waals surface area contributed by atoms with Gasteiger partial charge in [0.25, 0.3) is 5.91 Å². The minimum absolute atomic E-state index is 0.0852. The maximum atomic E-state index is 12.6. The third-order valence-electron chi connectivity index (χ3n) is 4.18. The van der Waals surface area contributed by atoms with E-state index in [1.165, 1.54) is 16.8 Å². The first kappa shape index (κ1) is 17.2. The van der Waals surface area contributed by atoms with Gasteiger partial charge in [0.2, 0.25) is 10.0 Å². The van der Waals surface area contributed by atoms with E-state index in [1.54, 1.807) is 7.05 Å². The van der Waals surface area contributed by atoms with Crippen LogP contribution in [0, 0.1) is 0 Å². The number of carbonyl (C=O) groups excluding carboxylic acids is 1. The van der Waals surface area contributed by atoms with Gasteiger partial charge in [0.05, 0.1) is 6.04 Å². The standard InChI is InChI=1S/C18H19N3O3S/c1-12(15-9-5-7-13-6-3-4-8-16(13)15)20-18(22)17-10-14(11-21(17)2)25(19,23)24/h3-12H,1-2H3,(H,20,22)(H2,19,23,24)/t12-/m1/s1. The van der Waals surface area contributed by atoms with Crippen molar-refractivity contribution in [3.8, 4) is 0 Å². The van der Waals surface area contributed by atoms with Crippen molar-refractivity contribution in [2.45, 2.75) is 17.9 Å². The van der Waals surface area contributed by atoms with Crippen LogP contribution in [0.2, 0.25) is 0 Å². The maximum Gasteiger partial charge on any atom is 0.268 e. The number of primary sulfonamides is 1. The van der Waals surface area contributed by atoms with Crippen molar-refractivity contribution in [2.24, 2.45) is 12.2 Å². The molecule has 1 amide bonds. The zero-order valence-electron chi connectivity index (χ0n) is 13.9. The molecule has 0 saturated heterocycles. The van der Waals surface area contributed by atoms with Crippen molar-refractivity contribution in [2.75, 3.05) is 0 Å². The summed E-state index contributed by atoms with van der Waals surface area (Å²) in [6.45, 7) is 1.89. The number of benzene rings is 2. The monoisotopic (exact) mass is 357 g/mol. The highest BCUT2D eigenvalue weighted by Gasteiger charge is 2.19. The third-order valence-corrected chi connectivity index (χ3v) is 5.06. The second-order valence-corrected chi connectivity index (χ2v) is 7.54. The molecule has 0 spiro atoms. The average molecular weight is 357 g/mol. The second kappa shape index (κ2) is 6.34. The van der Waals surface area contributed by atoms with Gasteiger partial charge in [0.15, 0.2) is 0 Å². The van der Waals surface area contributed by atoms with Gasteiger partial charge < -0.3 is 9.88 Å². The Morgan fingerprint density at radius 3 is 2.52 bits per heavy atom. The summed E-state index contributed by atoms with van der Waals surface area (Å²) < 4.78 is 24.3. The summed E-state index contributed by atoms with van der Waals surface area (Å²) in [5.41, 5.74) is 1.23. The van der Waals surface area contributed by atoms with E-state index in [4.69, 9.17) is 5.14 Å². The Labute approximate surface area is 146 Å². The molecular weight excluding hydrogens is 338 g/mol. The highest BCUT2D eigenvalue weighted by atomic mass is 32.2. The summed E-state index contributed by atoms with van der Waals surface area (Å²) in [5, 5.41) is 10.2. The molecule has 0 radical (unpaired) electrons. The summed E-state index contributed by atoms with van der Waals surface area (Å²) >= 11 is 0. The number of hydrogen-bond acceptors (Lipinski definition) is 3. The summed E-state index contributed by atoms with van der Waals surface area (Å²) in [5.74, 6) is -0.363. The van der Waals surface area contributed by atoms with E-state index in [0.29, 0.717) is 0 Å². The maximum absolute atomic E-state index is 12.6. The highest BCUT2D eigenvalue weighted by Crippen LogP contribution is 2.24. The average Bonchev–Trinajstić information content (AvgIpc) is 2.96. The van der Waals surface area contributed by atoms with Gasteiger partial charge >= 0.3 is 0 Å². The predicted octanol–water partition coefficient (Wildman–Crippen LogP) is 2.32. The van der Waals surface area contributed by atoms with Crippen molar-refractivity contribution in [1.29, 1.82) is 0 Å². The number of sulfonamides is 1. The predicted molar refractivity (Wildman–Crippen MR) is 96.6 cm³/mol. The summed E-state index contributed by atoms with van der Waals surface area (Å²) in [6.07, 6.45) is 1.33. The molecule has 0 aliphatic carbocycles.